The Labute approximate surface area is 170 Å². The summed E-state index contributed by atoms with van der Waals surface area (Å²) in [5.74, 6) is -1.71. The fraction of sp³-hybridized carbons (Fsp3) is 0.706. The van der Waals surface area contributed by atoms with Crippen LogP contribution in [0.2, 0.25) is 0 Å². The molecule has 0 aromatic heterocycles. The molecule has 4 N–H and O–H groups in total. The third kappa shape index (κ3) is 6.78. The molecule has 2 aliphatic heterocycles. The van der Waals surface area contributed by atoms with Crippen LogP contribution in [0.5, 0.6) is 0 Å². The molecule has 166 valence electrons. The Morgan fingerprint density at radius 1 is 1.27 bits per heavy atom. The van der Waals surface area contributed by atoms with E-state index in [0.29, 0.717) is 25.8 Å². The Morgan fingerprint density at radius 3 is 2.60 bits per heavy atom. The van der Waals surface area contributed by atoms with Crippen molar-refractivity contribution in [1.82, 2.24) is 26.2 Å². The lowest BCUT2D eigenvalue weighted by molar-refractivity contribution is -0.137. The van der Waals surface area contributed by atoms with E-state index in [1.807, 2.05) is 11.4 Å². The maximum atomic E-state index is 12.6. The standard InChI is InChI=1S/C17H23F3N6O4/c18-17(19,20)9-24-16(30)23-8-13(27)26-5-1-2-12(26)15(29)25-11(7-21)6-10-3-4-22-14(10)28/h10-12H,1-6,8-9H2,(H,22,28)(H,25,29)(H2,23,24,30)/t10-,11?,12?/m0/s1. The second kappa shape index (κ2) is 10.1. The first-order chi connectivity index (χ1) is 14.1. The van der Waals surface area contributed by atoms with Crippen molar-refractivity contribution in [2.45, 2.75) is 43.9 Å². The number of amides is 5. The van der Waals surface area contributed by atoms with Crippen molar-refractivity contribution in [3.8, 4) is 6.07 Å². The summed E-state index contributed by atoms with van der Waals surface area (Å²) in [4.78, 5) is 49.1. The number of carbonyl (C=O) groups is 4. The summed E-state index contributed by atoms with van der Waals surface area (Å²) < 4.78 is 36.2. The van der Waals surface area contributed by atoms with Crippen LogP contribution in [-0.4, -0.2) is 73.1 Å². The van der Waals surface area contributed by atoms with Gasteiger partial charge in [-0.3, -0.25) is 14.4 Å². The third-order valence-corrected chi connectivity index (χ3v) is 4.88. The number of nitrogens with zero attached hydrogens (tertiary/aromatic N) is 2. The molecule has 2 unspecified atom stereocenters. The van der Waals surface area contributed by atoms with Gasteiger partial charge < -0.3 is 26.2 Å². The highest BCUT2D eigenvalue weighted by atomic mass is 19.4. The average molecular weight is 432 g/mol. The lowest BCUT2D eigenvalue weighted by Gasteiger charge is -2.25. The van der Waals surface area contributed by atoms with E-state index in [0.717, 1.165) is 0 Å². The van der Waals surface area contributed by atoms with Gasteiger partial charge in [0.25, 0.3) is 0 Å². The molecule has 0 saturated carbocycles. The molecule has 0 bridgehead atoms. The maximum absolute atomic E-state index is 12.6. The molecule has 0 aromatic rings. The average Bonchev–Trinajstić information content (AvgIpc) is 3.32. The van der Waals surface area contributed by atoms with Crippen LogP contribution < -0.4 is 21.3 Å². The van der Waals surface area contributed by atoms with E-state index in [9.17, 15) is 37.6 Å². The van der Waals surface area contributed by atoms with Crippen molar-refractivity contribution in [3.63, 3.8) is 0 Å². The van der Waals surface area contributed by atoms with Crippen LogP contribution in [0.15, 0.2) is 0 Å². The number of urea groups is 1. The van der Waals surface area contributed by atoms with E-state index in [1.54, 1.807) is 5.32 Å². The van der Waals surface area contributed by atoms with E-state index in [1.165, 1.54) is 4.90 Å². The van der Waals surface area contributed by atoms with Gasteiger partial charge in [-0.2, -0.15) is 18.4 Å². The Hall–Kier alpha value is -3.04. The predicted molar refractivity (Wildman–Crippen MR) is 95.5 cm³/mol. The van der Waals surface area contributed by atoms with Gasteiger partial charge in [0, 0.05) is 19.0 Å². The fourth-order valence-electron chi connectivity index (χ4n) is 3.40. The molecule has 0 aliphatic carbocycles. The molecular formula is C17H23F3N6O4. The van der Waals surface area contributed by atoms with Crippen LogP contribution in [0.25, 0.3) is 0 Å². The highest BCUT2D eigenvalue weighted by Gasteiger charge is 2.36. The van der Waals surface area contributed by atoms with Gasteiger partial charge in [0.05, 0.1) is 12.6 Å². The van der Waals surface area contributed by atoms with E-state index in [4.69, 9.17) is 0 Å². The normalized spacial score (nSPS) is 22.1. The molecule has 30 heavy (non-hydrogen) atoms. The van der Waals surface area contributed by atoms with E-state index in [-0.39, 0.29) is 24.8 Å². The number of hydrogen-bond acceptors (Lipinski definition) is 5. The van der Waals surface area contributed by atoms with Gasteiger partial charge in [-0.05, 0) is 25.7 Å². The second-order valence-corrected chi connectivity index (χ2v) is 7.10. The SMILES string of the molecule is N#CC(C[C@@H]1CCNC1=O)NC(=O)C1CCCN1C(=O)CNC(=O)NCC(F)(F)F. The summed E-state index contributed by atoms with van der Waals surface area (Å²) in [7, 11) is 0. The summed E-state index contributed by atoms with van der Waals surface area (Å²) in [5, 5.41) is 18.1. The first-order valence-electron chi connectivity index (χ1n) is 9.46. The van der Waals surface area contributed by atoms with Crippen LogP contribution >= 0.6 is 0 Å². The molecule has 5 amide bonds. The maximum Gasteiger partial charge on any atom is 0.405 e. The Bertz CT molecular complexity index is 723. The molecule has 2 heterocycles. The third-order valence-electron chi connectivity index (χ3n) is 4.88. The summed E-state index contributed by atoms with van der Waals surface area (Å²) in [6.07, 6.45) is -2.97. The van der Waals surface area contributed by atoms with E-state index in [2.05, 4.69) is 10.6 Å². The Balaban J connectivity index is 1.83. The molecule has 0 spiro atoms. The zero-order valence-electron chi connectivity index (χ0n) is 16.1. The number of rotatable bonds is 7. The van der Waals surface area contributed by atoms with Crippen LogP contribution in [0.4, 0.5) is 18.0 Å². The molecule has 0 aromatic carbocycles. The number of alkyl halides is 3. The molecule has 2 saturated heterocycles. The van der Waals surface area contributed by atoms with Crippen molar-refractivity contribution >= 4 is 23.8 Å². The van der Waals surface area contributed by atoms with Crippen LogP contribution in [0.3, 0.4) is 0 Å². The van der Waals surface area contributed by atoms with Gasteiger partial charge in [0.15, 0.2) is 0 Å². The minimum absolute atomic E-state index is 0.162. The molecule has 2 rings (SSSR count). The lowest BCUT2D eigenvalue weighted by atomic mass is 9.99. The fourth-order valence-corrected chi connectivity index (χ4v) is 3.40. The van der Waals surface area contributed by atoms with Gasteiger partial charge in [0.1, 0.15) is 18.6 Å². The number of carbonyl (C=O) groups excluding carboxylic acids is 4. The van der Waals surface area contributed by atoms with Crippen LogP contribution in [-0.2, 0) is 14.4 Å². The zero-order chi connectivity index (χ0) is 22.3. The van der Waals surface area contributed by atoms with Crippen molar-refractivity contribution in [3.05, 3.63) is 0 Å². The van der Waals surface area contributed by atoms with Crippen molar-refractivity contribution in [1.29, 1.82) is 5.26 Å². The summed E-state index contributed by atoms with van der Waals surface area (Å²) in [6.45, 7) is -1.34. The minimum atomic E-state index is -4.57. The zero-order valence-corrected chi connectivity index (χ0v) is 16.1. The predicted octanol–water partition coefficient (Wildman–Crippen LogP) is -0.627. The topological polar surface area (TPSA) is 143 Å². The van der Waals surface area contributed by atoms with Crippen molar-refractivity contribution in [2.75, 3.05) is 26.2 Å². The number of nitrogens with one attached hydrogen (secondary N) is 4. The van der Waals surface area contributed by atoms with Crippen LogP contribution in [0.1, 0.15) is 25.7 Å². The number of nitriles is 1. The molecule has 2 fully saturated rings. The highest BCUT2D eigenvalue weighted by molar-refractivity contribution is 5.90. The van der Waals surface area contributed by atoms with Crippen LogP contribution in [0, 0.1) is 17.2 Å². The second-order valence-electron chi connectivity index (χ2n) is 7.10. The van der Waals surface area contributed by atoms with E-state index >= 15 is 0 Å². The molecule has 13 heteroatoms. The van der Waals surface area contributed by atoms with Gasteiger partial charge in [-0.15, -0.1) is 0 Å². The minimum Gasteiger partial charge on any atom is -0.356 e. The monoisotopic (exact) mass is 432 g/mol. The van der Waals surface area contributed by atoms with Crippen molar-refractivity contribution < 1.29 is 32.3 Å². The van der Waals surface area contributed by atoms with Gasteiger partial charge in [-0.1, -0.05) is 0 Å². The highest BCUT2D eigenvalue weighted by Crippen LogP contribution is 2.19. The largest absolute Gasteiger partial charge is 0.405 e. The van der Waals surface area contributed by atoms with Crippen molar-refractivity contribution in [2.24, 2.45) is 5.92 Å². The Morgan fingerprint density at radius 2 is 2.00 bits per heavy atom. The first kappa shape index (κ1) is 23.2. The summed E-state index contributed by atoms with van der Waals surface area (Å²) in [5.41, 5.74) is 0. The molecular weight excluding hydrogens is 409 g/mol. The van der Waals surface area contributed by atoms with Gasteiger partial charge in [0.2, 0.25) is 17.7 Å². The number of hydrogen-bond donors (Lipinski definition) is 4. The number of halogens is 3. The summed E-state index contributed by atoms with van der Waals surface area (Å²) >= 11 is 0. The lowest BCUT2D eigenvalue weighted by Crippen LogP contribution is -2.52. The molecule has 0 radical (unpaired) electrons. The molecule has 2 aliphatic rings. The Kier molecular flexibility index (Phi) is 7.85. The molecule has 10 nitrogen and oxygen atoms in total. The number of likely N-dealkylation sites (tertiary alicyclic amines) is 1. The molecule has 3 atom stereocenters. The smallest absolute Gasteiger partial charge is 0.356 e. The van der Waals surface area contributed by atoms with Gasteiger partial charge in [-0.25, -0.2) is 4.79 Å². The van der Waals surface area contributed by atoms with Gasteiger partial charge >= 0.3 is 12.2 Å². The summed E-state index contributed by atoms with van der Waals surface area (Å²) in [6, 6.07) is -0.960. The van der Waals surface area contributed by atoms with E-state index < -0.39 is 49.2 Å². The quantitative estimate of drug-likeness (QED) is 0.424. The first-order valence-corrected chi connectivity index (χ1v) is 9.46.